The van der Waals surface area contributed by atoms with Crippen LogP contribution in [0.15, 0.2) is 42.5 Å². The van der Waals surface area contributed by atoms with Gasteiger partial charge in [0.25, 0.3) is 0 Å². The molecule has 0 spiro atoms. The third-order valence-electron chi connectivity index (χ3n) is 3.56. The van der Waals surface area contributed by atoms with E-state index in [1.54, 1.807) is 11.8 Å². The van der Waals surface area contributed by atoms with Crippen molar-refractivity contribution in [1.29, 1.82) is 0 Å². The predicted octanol–water partition coefficient (Wildman–Crippen LogP) is 0.0560. The van der Waals surface area contributed by atoms with Crippen molar-refractivity contribution in [2.24, 2.45) is 0 Å². The van der Waals surface area contributed by atoms with E-state index in [2.05, 4.69) is 6.07 Å². The smallest absolute Gasteiger partial charge is 0.228 e. The standard InChI is InChI=1S/C16H16N2O.ClH/c1-11(19)18-15-5-3-2-4-12(15)6-7-13-8-9-14(17)10-16(13)18;/h2-5,8-10H,6-7,17H2,1H3;1H/p-1. The molecule has 3 rings (SSSR count). The van der Waals surface area contributed by atoms with Crippen molar-refractivity contribution in [2.75, 3.05) is 10.6 Å². The van der Waals surface area contributed by atoms with Crippen molar-refractivity contribution in [3.05, 3.63) is 53.6 Å². The molecule has 20 heavy (non-hydrogen) atoms. The van der Waals surface area contributed by atoms with Crippen molar-refractivity contribution >= 4 is 23.0 Å². The summed E-state index contributed by atoms with van der Waals surface area (Å²) in [6.07, 6.45) is 1.87. The number of hydrogen-bond donors (Lipinski definition) is 1. The number of rotatable bonds is 0. The first kappa shape index (κ1) is 14.4. The summed E-state index contributed by atoms with van der Waals surface area (Å²) in [7, 11) is 0. The van der Waals surface area contributed by atoms with Gasteiger partial charge in [0.05, 0.1) is 11.4 Å². The lowest BCUT2D eigenvalue weighted by atomic mass is 10.0. The van der Waals surface area contributed by atoms with Gasteiger partial charge in [-0.15, -0.1) is 0 Å². The predicted molar refractivity (Wildman–Crippen MR) is 77.5 cm³/mol. The fraction of sp³-hybridized carbons (Fsp3) is 0.188. The van der Waals surface area contributed by atoms with E-state index < -0.39 is 0 Å². The van der Waals surface area contributed by atoms with Crippen molar-refractivity contribution in [3.63, 3.8) is 0 Å². The molecule has 0 unspecified atom stereocenters. The second kappa shape index (κ2) is 5.55. The van der Waals surface area contributed by atoms with E-state index in [0.717, 1.165) is 24.2 Å². The Balaban J connectivity index is 0.00000147. The van der Waals surface area contributed by atoms with Crippen LogP contribution in [0.1, 0.15) is 18.1 Å². The summed E-state index contributed by atoms with van der Waals surface area (Å²) in [6.45, 7) is 1.59. The van der Waals surface area contributed by atoms with E-state index in [9.17, 15) is 4.79 Å². The van der Waals surface area contributed by atoms with E-state index in [4.69, 9.17) is 5.73 Å². The molecule has 2 N–H and O–H groups in total. The van der Waals surface area contributed by atoms with Gasteiger partial charge in [-0.25, -0.2) is 0 Å². The summed E-state index contributed by atoms with van der Waals surface area (Å²) in [6, 6.07) is 13.9. The van der Waals surface area contributed by atoms with Crippen LogP contribution in [-0.2, 0) is 17.6 Å². The van der Waals surface area contributed by atoms with E-state index in [0.29, 0.717) is 5.69 Å². The fourth-order valence-electron chi connectivity index (χ4n) is 2.68. The lowest BCUT2D eigenvalue weighted by Crippen LogP contribution is -3.00. The van der Waals surface area contributed by atoms with Crippen LogP contribution < -0.4 is 23.0 Å². The van der Waals surface area contributed by atoms with Crippen LogP contribution in [0.4, 0.5) is 17.1 Å². The molecular weight excluding hydrogens is 272 g/mol. The second-order valence-electron chi connectivity index (χ2n) is 4.87. The second-order valence-corrected chi connectivity index (χ2v) is 4.87. The van der Waals surface area contributed by atoms with Gasteiger partial charge in [-0.3, -0.25) is 9.69 Å². The number of nitrogens with zero attached hydrogens (tertiary/aromatic N) is 1. The number of para-hydroxylation sites is 1. The first-order chi connectivity index (χ1) is 9.16. The highest BCUT2D eigenvalue weighted by atomic mass is 35.5. The van der Waals surface area contributed by atoms with Crippen LogP contribution in [0.5, 0.6) is 0 Å². The average Bonchev–Trinajstić information content (AvgIpc) is 2.54. The zero-order chi connectivity index (χ0) is 13.4. The molecule has 0 aromatic heterocycles. The van der Waals surface area contributed by atoms with Crippen LogP contribution in [-0.4, -0.2) is 5.91 Å². The number of aryl methyl sites for hydroxylation is 2. The molecule has 0 aliphatic carbocycles. The average molecular weight is 288 g/mol. The molecule has 1 heterocycles. The monoisotopic (exact) mass is 287 g/mol. The van der Waals surface area contributed by atoms with Crippen molar-refractivity contribution in [3.8, 4) is 0 Å². The third-order valence-corrected chi connectivity index (χ3v) is 3.56. The number of carbonyl (C=O) groups excluding carboxylic acids is 1. The topological polar surface area (TPSA) is 46.3 Å². The summed E-state index contributed by atoms with van der Waals surface area (Å²) in [5, 5.41) is 0. The maximum atomic E-state index is 12.1. The molecule has 3 nitrogen and oxygen atoms in total. The van der Waals surface area contributed by atoms with E-state index in [1.807, 2.05) is 36.4 Å². The van der Waals surface area contributed by atoms with Gasteiger partial charge < -0.3 is 18.1 Å². The molecule has 0 fully saturated rings. The first-order valence-corrected chi connectivity index (χ1v) is 6.44. The van der Waals surface area contributed by atoms with Crippen LogP contribution in [0, 0.1) is 0 Å². The Hall–Kier alpha value is -2.00. The number of carbonyl (C=O) groups is 1. The normalized spacial score (nSPS) is 12.8. The number of benzene rings is 2. The molecule has 2 aromatic rings. The summed E-state index contributed by atoms with van der Waals surface area (Å²) in [4.78, 5) is 13.8. The van der Waals surface area contributed by atoms with Crippen molar-refractivity contribution < 1.29 is 17.2 Å². The van der Waals surface area contributed by atoms with Crippen LogP contribution in [0.2, 0.25) is 0 Å². The number of amides is 1. The largest absolute Gasteiger partial charge is 1.00 e. The molecule has 104 valence electrons. The van der Waals surface area contributed by atoms with Crippen LogP contribution in [0.3, 0.4) is 0 Å². The number of anilines is 3. The molecular formula is C16H16ClN2O-. The van der Waals surface area contributed by atoms with E-state index in [-0.39, 0.29) is 18.3 Å². The Morgan fingerprint density at radius 2 is 1.70 bits per heavy atom. The van der Waals surface area contributed by atoms with Gasteiger partial charge in [0.15, 0.2) is 0 Å². The number of nitrogens with two attached hydrogens (primary N) is 1. The zero-order valence-electron chi connectivity index (χ0n) is 11.3. The Morgan fingerprint density at radius 3 is 2.40 bits per heavy atom. The highest BCUT2D eigenvalue weighted by Gasteiger charge is 2.23. The van der Waals surface area contributed by atoms with Crippen molar-refractivity contribution in [2.45, 2.75) is 19.8 Å². The first-order valence-electron chi connectivity index (χ1n) is 6.44. The fourth-order valence-corrected chi connectivity index (χ4v) is 2.68. The SMILES string of the molecule is CC(=O)N1c2ccccc2CCc2ccc(N)cc21.[Cl-]. The lowest BCUT2D eigenvalue weighted by molar-refractivity contribution is -0.115. The molecule has 0 saturated carbocycles. The minimum atomic E-state index is 0. The molecule has 0 bridgehead atoms. The van der Waals surface area contributed by atoms with Gasteiger partial charge in [-0.2, -0.15) is 0 Å². The van der Waals surface area contributed by atoms with E-state index >= 15 is 0 Å². The lowest BCUT2D eigenvalue weighted by Gasteiger charge is -2.23. The number of halogens is 1. The van der Waals surface area contributed by atoms with Gasteiger partial charge in [-0.1, -0.05) is 24.3 Å². The minimum absolute atomic E-state index is 0. The van der Waals surface area contributed by atoms with Gasteiger partial charge in [0.2, 0.25) is 5.91 Å². The van der Waals surface area contributed by atoms with Gasteiger partial charge in [0, 0.05) is 12.6 Å². The summed E-state index contributed by atoms with van der Waals surface area (Å²) < 4.78 is 0. The molecule has 0 radical (unpaired) electrons. The number of fused-ring (bicyclic) bond motifs is 2. The number of nitrogen functional groups attached to an aromatic ring is 1. The Bertz CT molecular complexity index is 655. The summed E-state index contributed by atoms with van der Waals surface area (Å²) >= 11 is 0. The van der Waals surface area contributed by atoms with Crippen molar-refractivity contribution in [1.82, 2.24) is 0 Å². The van der Waals surface area contributed by atoms with Gasteiger partial charge in [-0.05, 0) is 42.2 Å². The molecule has 1 aliphatic rings. The summed E-state index contributed by atoms with van der Waals surface area (Å²) in [5.74, 6) is 0.0150. The Labute approximate surface area is 124 Å². The maximum Gasteiger partial charge on any atom is 0.228 e. The minimum Gasteiger partial charge on any atom is -1.00 e. The van der Waals surface area contributed by atoms with Gasteiger partial charge >= 0.3 is 0 Å². The highest BCUT2D eigenvalue weighted by molar-refractivity contribution is 6.01. The quantitative estimate of drug-likeness (QED) is 0.697. The highest BCUT2D eigenvalue weighted by Crippen LogP contribution is 2.36. The van der Waals surface area contributed by atoms with Crippen LogP contribution >= 0.6 is 0 Å². The van der Waals surface area contributed by atoms with Gasteiger partial charge in [0.1, 0.15) is 0 Å². The molecule has 2 aromatic carbocycles. The third kappa shape index (κ3) is 2.37. The molecule has 1 amide bonds. The Kier molecular flexibility index (Phi) is 4.00. The van der Waals surface area contributed by atoms with E-state index in [1.165, 1.54) is 11.1 Å². The molecule has 0 atom stereocenters. The number of hydrogen-bond acceptors (Lipinski definition) is 2. The molecule has 0 saturated heterocycles. The molecule has 1 aliphatic heterocycles. The van der Waals surface area contributed by atoms with Crippen LogP contribution in [0.25, 0.3) is 0 Å². The Morgan fingerprint density at radius 1 is 1.05 bits per heavy atom. The molecule has 4 heteroatoms. The summed E-state index contributed by atoms with van der Waals surface area (Å²) in [5.41, 5.74) is 10.8. The maximum absolute atomic E-state index is 12.1. The zero-order valence-corrected chi connectivity index (χ0v) is 12.0.